The molecule has 0 fully saturated rings. The van der Waals surface area contributed by atoms with Gasteiger partial charge in [0.1, 0.15) is 16.2 Å². The van der Waals surface area contributed by atoms with E-state index in [1.165, 1.54) is 11.3 Å². The van der Waals surface area contributed by atoms with Crippen LogP contribution in [-0.2, 0) is 0 Å². The number of carbonyl (C=O) groups excluding carboxylic acids is 1. The van der Waals surface area contributed by atoms with Gasteiger partial charge in [-0.2, -0.15) is 0 Å². The average molecular weight is 350 g/mol. The van der Waals surface area contributed by atoms with Crippen LogP contribution >= 0.6 is 27.3 Å². The number of pyridine rings is 2. The van der Waals surface area contributed by atoms with Crippen LogP contribution in [0.1, 0.15) is 0 Å². The zero-order valence-electron chi connectivity index (χ0n) is 10.0. The van der Waals surface area contributed by atoms with E-state index in [4.69, 9.17) is 0 Å². The Bertz CT molecular complexity index is 725. The Hall–Kier alpha value is -2.06. The van der Waals surface area contributed by atoms with Crippen molar-refractivity contribution in [2.45, 2.75) is 0 Å². The predicted octanol–water partition coefficient (Wildman–Crippen LogP) is 3.49. The Morgan fingerprint density at radius 3 is 2.85 bits per heavy atom. The molecule has 0 saturated heterocycles. The van der Waals surface area contributed by atoms with Crippen LogP contribution in [0.5, 0.6) is 0 Å². The van der Waals surface area contributed by atoms with Crippen LogP contribution in [0.15, 0.2) is 41.1 Å². The number of aromatic nitrogens is 3. The van der Waals surface area contributed by atoms with Crippen molar-refractivity contribution in [1.29, 1.82) is 0 Å². The first-order chi connectivity index (χ1) is 9.70. The van der Waals surface area contributed by atoms with Gasteiger partial charge in [-0.3, -0.25) is 10.6 Å². The average Bonchev–Trinajstić information content (AvgIpc) is 2.83. The fourth-order valence-electron chi connectivity index (χ4n) is 1.52. The number of hydrogen-bond acceptors (Lipinski definition) is 5. The molecule has 0 aliphatic rings. The summed E-state index contributed by atoms with van der Waals surface area (Å²) in [6.45, 7) is 0. The number of fused-ring (bicyclic) bond motifs is 1. The minimum Gasteiger partial charge on any atom is -0.292 e. The molecule has 6 nitrogen and oxygen atoms in total. The van der Waals surface area contributed by atoms with Gasteiger partial charge in [0, 0.05) is 16.9 Å². The molecule has 20 heavy (non-hydrogen) atoms. The number of rotatable bonds is 2. The van der Waals surface area contributed by atoms with Crippen LogP contribution in [0.4, 0.5) is 15.7 Å². The molecule has 0 aliphatic carbocycles. The van der Waals surface area contributed by atoms with Crippen molar-refractivity contribution in [3.63, 3.8) is 0 Å². The molecule has 8 heteroatoms. The molecule has 0 atom stereocenters. The van der Waals surface area contributed by atoms with Crippen molar-refractivity contribution >= 4 is 54.6 Å². The molecule has 0 unspecified atom stereocenters. The van der Waals surface area contributed by atoms with Gasteiger partial charge in [0.15, 0.2) is 5.13 Å². The second-order valence-corrected chi connectivity index (χ2v) is 5.68. The Kier molecular flexibility index (Phi) is 3.57. The summed E-state index contributed by atoms with van der Waals surface area (Å²) in [4.78, 5) is 25.1. The highest BCUT2D eigenvalue weighted by Crippen LogP contribution is 2.23. The molecule has 0 radical (unpaired) electrons. The van der Waals surface area contributed by atoms with E-state index in [0.29, 0.717) is 10.9 Å². The smallest absolute Gasteiger partial charge is 0.292 e. The van der Waals surface area contributed by atoms with Crippen LogP contribution in [0, 0.1) is 0 Å². The van der Waals surface area contributed by atoms with Crippen molar-refractivity contribution < 1.29 is 4.79 Å². The predicted molar refractivity (Wildman–Crippen MR) is 82.0 cm³/mol. The third-order valence-electron chi connectivity index (χ3n) is 2.36. The van der Waals surface area contributed by atoms with E-state index in [0.717, 1.165) is 14.8 Å². The fraction of sp³-hybridized carbons (Fsp3) is 0. The number of halogens is 1. The van der Waals surface area contributed by atoms with Crippen LogP contribution < -0.4 is 10.6 Å². The number of urea groups is 1. The molecule has 100 valence electrons. The summed E-state index contributed by atoms with van der Waals surface area (Å²) in [6.07, 6.45) is 3.30. The lowest BCUT2D eigenvalue weighted by Crippen LogP contribution is -2.19. The number of carbonyl (C=O) groups is 1. The van der Waals surface area contributed by atoms with E-state index < -0.39 is 0 Å². The van der Waals surface area contributed by atoms with E-state index in [-0.39, 0.29) is 6.03 Å². The van der Waals surface area contributed by atoms with Crippen molar-refractivity contribution in [2.24, 2.45) is 0 Å². The summed E-state index contributed by atoms with van der Waals surface area (Å²) < 4.78 is 0.848. The fourth-order valence-corrected chi connectivity index (χ4v) is 2.55. The topological polar surface area (TPSA) is 79.8 Å². The minimum atomic E-state index is -0.390. The molecular weight excluding hydrogens is 342 g/mol. The Labute approximate surface area is 126 Å². The summed E-state index contributed by atoms with van der Waals surface area (Å²) in [5.74, 6) is 0.463. The largest absolute Gasteiger partial charge is 0.326 e. The quantitative estimate of drug-likeness (QED) is 0.741. The van der Waals surface area contributed by atoms with E-state index in [1.807, 2.05) is 6.07 Å². The maximum atomic E-state index is 11.8. The molecule has 3 aromatic heterocycles. The van der Waals surface area contributed by atoms with Gasteiger partial charge in [-0.25, -0.2) is 19.7 Å². The Morgan fingerprint density at radius 2 is 2.10 bits per heavy atom. The van der Waals surface area contributed by atoms with Gasteiger partial charge in [0.25, 0.3) is 0 Å². The van der Waals surface area contributed by atoms with Crippen LogP contribution in [0.3, 0.4) is 0 Å². The number of anilines is 2. The molecule has 0 aliphatic heterocycles. The van der Waals surface area contributed by atoms with Gasteiger partial charge in [-0.05, 0) is 40.2 Å². The van der Waals surface area contributed by atoms with Crippen molar-refractivity contribution in [3.05, 3.63) is 41.1 Å². The maximum absolute atomic E-state index is 11.8. The molecule has 3 heterocycles. The van der Waals surface area contributed by atoms with Crippen LogP contribution in [0.2, 0.25) is 0 Å². The van der Waals surface area contributed by atoms with Gasteiger partial charge >= 0.3 is 6.03 Å². The van der Waals surface area contributed by atoms with Gasteiger partial charge in [0.05, 0.1) is 0 Å². The van der Waals surface area contributed by atoms with E-state index in [1.54, 1.807) is 30.6 Å². The summed E-state index contributed by atoms with van der Waals surface area (Å²) >= 11 is 4.60. The van der Waals surface area contributed by atoms with Gasteiger partial charge < -0.3 is 0 Å². The zero-order chi connectivity index (χ0) is 13.9. The van der Waals surface area contributed by atoms with Gasteiger partial charge in [0.2, 0.25) is 0 Å². The molecule has 2 amide bonds. The lowest BCUT2D eigenvalue weighted by molar-refractivity contribution is 0.262. The highest BCUT2D eigenvalue weighted by Gasteiger charge is 2.08. The van der Waals surface area contributed by atoms with Crippen LogP contribution in [-0.4, -0.2) is 21.0 Å². The lowest BCUT2D eigenvalue weighted by Gasteiger charge is -2.03. The first-order valence-corrected chi connectivity index (χ1v) is 7.23. The molecular formula is C12H8BrN5OS. The van der Waals surface area contributed by atoms with Crippen molar-refractivity contribution in [3.8, 4) is 0 Å². The summed E-state index contributed by atoms with van der Waals surface area (Å²) in [6, 6.07) is 6.75. The Morgan fingerprint density at radius 1 is 1.20 bits per heavy atom. The maximum Gasteiger partial charge on any atom is 0.326 e. The number of amides is 2. The SMILES string of the molecule is O=C(Nc1ccc(Br)cn1)Nc1nc2cccnc2s1. The first-order valence-electron chi connectivity index (χ1n) is 5.62. The molecule has 3 aromatic rings. The minimum absolute atomic E-state index is 0.390. The summed E-state index contributed by atoms with van der Waals surface area (Å²) in [7, 11) is 0. The summed E-state index contributed by atoms with van der Waals surface area (Å²) in [5.41, 5.74) is 0.759. The normalized spacial score (nSPS) is 10.4. The van der Waals surface area contributed by atoms with Gasteiger partial charge in [-0.1, -0.05) is 11.3 Å². The number of nitrogens with one attached hydrogen (secondary N) is 2. The second-order valence-electron chi connectivity index (χ2n) is 3.79. The van der Waals surface area contributed by atoms with Crippen molar-refractivity contribution in [2.75, 3.05) is 10.6 Å². The number of nitrogens with zero attached hydrogens (tertiary/aromatic N) is 3. The number of hydrogen-bond donors (Lipinski definition) is 2. The third-order valence-corrected chi connectivity index (χ3v) is 3.72. The number of thiazole rings is 1. The van der Waals surface area contributed by atoms with E-state index in [2.05, 4.69) is 41.5 Å². The summed E-state index contributed by atoms with van der Waals surface area (Å²) in [5, 5.41) is 5.78. The molecule has 0 bridgehead atoms. The first kappa shape index (κ1) is 12.9. The highest BCUT2D eigenvalue weighted by atomic mass is 79.9. The second kappa shape index (κ2) is 5.51. The van der Waals surface area contributed by atoms with Gasteiger partial charge in [-0.15, -0.1) is 0 Å². The molecule has 0 aromatic carbocycles. The highest BCUT2D eigenvalue weighted by molar-refractivity contribution is 9.10. The van der Waals surface area contributed by atoms with Crippen LogP contribution in [0.25, 0.3) is 10.3 Å². The molecule has 0 saturated carbocycles. The van der Waals surface area contributed by atoms with E-state index in [9.17, 15) is 4.79 Å². The molecule has 0 spiro atoms. The third kappa shape index (κ3) is 2.91. The monoisotopic (exact) mass is 349 g/mol. The van der Waals surface area contributed by atoms with Crippen molar-refractivity contribution in [1.82, 2.24) is 15.0 Å². The lowest BCUT2D eigenvalue weighted by atomic mass is 10.5. The Balaban J connectivity index is 1.70. The van der Waals surface area contributed by atoms with E-state index >= 15 is 0 Å². The zero-order valence-corrected chi connectivity index (χ0v) is 12.4. The standard InChI is InChI=1S/C12H8BrN5OS/c13-7-3-4-9(15-6-7)17-11(19)18-12-16-8-2-1-5-14-10(8)20-12/h1-6H,(H2,15,16,17,18,19). The molecule has 3 rings (SSSR count). The molecule has 2 N–H and O–H groups in total.